The number of ether oxygens (including phenoxy) is 1. The number of benzene rings is 2. The van der Waals surface area contributed by atoms with Gasteiger partial charge >= 0.3 is 0 Å². The van der Waals surface area contributed by atoms with Crippen molar-refractivity contribution in [2.75, 3.05) is 19.0 Å². The van der Waals surface area contributed by atoms with E-state index in [0.29, 0.717) is 18.1 Å². The Balaban J connectivity index is 1.53. The lowest BCUT2D eigenvalue weighted by atomic mass is 10.1. The summed E-state index contributed by atoms with van der Waals surface area (Å²) in [6.45, 7) is 2.63. The number of para-hydroxylation sites is 1. The Kier molecular flexibility index (Phi) is 6.57. The quantitative estimate of drug-likeness (QED) is 0.626. The Hall–Kier alpha value is -3.41. The molecule has 28 heavy (non-hydrogen) atoms. The number of hydrogen-bond donors (Lipinski definition) is 2. The lowest BCUT2D eigenvalue weighted by molar-refractivity contribution is 0.0953. The van der Waals surface area contributed by atoms with E-state index < -0.39 is 0 Å². The highest BCUT2D eigenvalue weighted by Crippen LogP contribution is 2.18. The maximum absolute atomic E-state index is 12.3. The molecule has 1 heterocycles. The van der Waals surface area contributed by atoms with Gasteiger partial charge in [-0.05, 0) is 42.2 Å². The highest BCUT2D eigenvalue weighted by molar-refractivity contribution is 5.93. The molecule has 1 aromatic heterocycles. The standard InChI is InChI=1S/C22H24N4O2/c1-3-17-6-4-5-7-20(17)26-22-24-14-18(15-25-22)21(27)23-13-12-16-8-10-19(28-2)11-9-16/h4-11,14-15H,3,12-13H2,1-2H3,(H,23,27)(H,24,25,26). The van der Waals surface area contributed by atoms with Gasteiger partial charge in [0.05, 0.1) is 12.7 Å². The minimum atomic E-state index is -0.186. The number of aromatic nitrogens is 2. The second-order valence-corrected chi connectivity index (χ2v) is 6.29. The van der Waals surface area contributed by atoms with Crippen LogP contribution in [0.3, 0.4) is 0 Å². The Morgan fingerprint density at radius 1 is 1.04 bits per heavy atom. The molecule has 0 aliphatic rings. The van der Waals surface area contributed by atoms with Gasteiger partial charge in [0.25, 0.3) is 5.91 Å². The molecule has 0 radical (unpaired) electrons. The first-order chi connectivity index (χ1) is 13.7. The van der Waals surface area contributed by atoms with E-state index in [-0.39, 0.29) is 5.91 Å². The first-order valence-corrected chi connectivity index (χ1v) is 9.27. The molecule has 2 N–H and O–H groups in total. The first kappa shape index (κ1) is 19.4. The van der Waals surface area contributed by atoms with Crippen molar-refractivity contribution in [2.45, 2.75) is 19.8 Å². The minimum absolute atomic E-state index is 0.186. The van der Waals surface area contributed by atoms with Crippen LogP contribution in [0.5, 0.6) is 5.75 Å². The Morgan fingerprint density at radius 3 is 2.43 bits per heavy atom. The monoisotopic (exact) mass is 376 g/mol. The van der Waals surface area contributed by atoms with Crippen LogP contribution in [-0.2, 0) is 12.8 Å². The Morgan fingerprint density at radius 2 is 1.75 bits per heavy atom. The summed E-state index contributed by atoms with van der Waals surface area (Å²) in [5.41, 5.74) is 3.73. The van der Waals surface area contributed by atoms with E-state index in [9.17, 15) is 4.79 Å². The molecule has 144 valence electrons. The van der Waals surface area contributed by atoms with E-state index in [1.807, 2.05) is 42.5 Å². The maximum Gasteiger partial charge on any atom is 0.254 e. The molecule has 0 saturated heterocycles. The summed E-state index contributed by atoms with van der Waals surface area (Å²) < 4.78 is 5.14. The third-order valence-corrected chi connectivity index (χ3v) is 4.42. The number of hydrogen-bond acceptors (Lipinski definition) is 5. The molecule has 0 atom stereocenters. The molecular weight excluding hydrogens is 352 g/mol. The zero-order valence-corrected chi connectivity index (χ0v) is 16.1. The summed E-state index contributed by atoms with van der Waals surface area (Å²) in [6, 6.07) is 15.8. The summed E-state index contributed by atoms with van der Waals surface area (Å²) in [5.74, 6) is 1.10. The number of carbonyl (C=O) groups is 1. The van der Waals surface area contributed by atoms with Gasteiger partial charge in [-0.3, -0.25) is 4.79 Å². The summed E-state index contributed by atoms with van der Waals surface area (Å²) in [4.78, 5) is 20.8. The third-order valence-electron chi connectivity index (χ3n) is 4.42. The zero-order valence-electron chi connectivity index (χ0n) is 16.1. The van der Waals surface area contributed by atoms with Crippen LogP contribution in [0.15, 0.2) is 60.9 Å². The smallest absolute Gasteiger partial charge is 0.254 e. The average molecular weight is 376 g/mol. The fraction of sp³-hybridized carbons (Fsp3) is 0.227. The molecular formula is C22H24N4O2. The largest absolute Gasteiger partial charge is 0.497 e. The van der Waals surface area contributed by atoms with E-state index in [4.69, 9.17) is 4.74 Å². The molecule has 0 aliphatic heterocycles. The van der Waals surface area contributed by atoms with Gasteiger partial charge < -0.3 is 15.4 Å². The maximum atomic E-state index is 12.3. The zero-order chi connectivity index (χ0) is 19.8. The number of carbonyl (C=O) groups excluding carboxylic acids is 1. The minimum Gasteiger partial charge on any atom is -0.497 e. The number of methoxy groups -OCH3 is 1. The molecule has 0 unspecified atom stereocenters. The molecule has 0 aliphatic carbocycles. The van der Waals surface area contributed by atoms with Gasteiger partial charge in [0, 0.05) is 24.6 Å². The normalized spacial score (nSPS) is 10.4. The van der Waals surface area contributed by atoms with Crippen LogP contribution in [0.4, 0.5) is 11.6 Å². The van der Waals surface area contributed by atoms with E-state index in [1.165, 1.54) is 18.0 Å². The van der Waals surface area contributed by atoms with Crippen molar-refractivity contribution < 1.29 is 9.53 Å². The fourth-order valence-corrected chi connectivity index (χ4v) is 2.80. The molecule has 2 aromatic carbocycles. The van der Waals surface area contributed by atoms with Crippen molar-refractivity contribution in [3.05, 3.63) is 77.6 Å². The summed E-state index contributed by atoms with van der Waals surface area (Å²) in [7, 11) is 1.64. The van der Waals surface area contributed by atoms with Crippen LogP contribution in [0.25, 0.3) is 0 Å². The molecule has 0 saturated carbocycles. The van der Waals surface area contributed by atoms with Crippen LogP contribution >= 0.6 is 0 Å². The lowest BCUT2D eigenvalue weighted by Crippen LogP contribution is -2.26. The van der Waals surface area contributed by atoms with Crippen LogP contribution in [0.2, 0.25) is 0 Å². The number of rotatable bonds is 8. The molecule has 0 bridgehead atoms. The number of aryl methyl sites for hydroxylation is 1. The molecule has 6 nitrogen and oxygen atoms in total. The van der Waals surface area contributed by atoms with E-state index in [1.54, 1.807) is 7.11 Å². The Labute approximate surface area is 165 Å². The highest BCUT2D eigenvalue weighted by atomic mass is 16.5. The fourth-order valence-electron chi connectivity index (χ4n) is 2.80. The van der Waals surface area contributed by atoms with Crippen molar-refractivity contribution in [2.24, 2.45) is 0 Å². The molecule has 6 heteroatoms. The van der Waals surface area contributed by atoms with Gasteiger partial charge in [0.2, 0.25) is 5.95 Å². The number of nitrogens with zero attached hydrogens (tertiary/aromatic N) is 2. The summed E-state index contributed by atoms with van der Waals surface area (Å²) in [5, 5.41) is 6.09. The van der Waals surface area contributed by atoms with Crippen LogP contribution in [0, 0.1) is 0 Å². The van der Waals surface area contributed by atoms with Crippen molar-refractivity contribution in [1.82, 2.24) is 15.3 Å². The van der Waals surface area contributed by atoms with Gasteiger partial charge in [-0.15, -0.1) is 0 Å². The second kappa shape index (κ2) is 9.50. The predicted molar refractivity (Wildman–Crippen MR) is 110 cm³/mol. The van der Waals surface area contributed by atoms with Gasteiger partial charge in [-0.25, -0.2) is 9.97 Å². The summed E-state index contributed by atoms with van der Waals surface area (Å²) in [6.07, 6.45) is 4.72. The molecule has 0 fully saturated rings. The van der Waals surface area contributed by atoms with Crippen LogP contribution in [-0.4, -0.2) is 29.5 Å². The predicted octanol–water partition coefficient (Wildman–Crippen LogP) is 3.76. The van der Waals surface area contributed by atoms with Crippen molar-refractivity contribution in [3.63, 3.8) is 0 Å². The molecule has 3 rings (SSSR count). The van der Waals surface area contributed by atoms with E-state index >= 15 is 0 Å². The SMILES string of the molecule is CCc1ccccc1Nc1ncc(C(=O)NCCc2ccc(OC)cc2)cn1. The van der Waals surface area contributed by atoms with Crippen molar-refractivity contribution in [3.8, 4) is 5.75 Å². The van der Waals surface area contributed by atoms with Crippen molar-refractivity contribution >= 4 is 17.5 Å². The molecule has 3 aromatic rings. The third kappa shape index (κ3) is 5.07. The van der Waals surface area contributed by atoms with Gasteiger partial charge in [-0.2, -0.15) is 0 Å². The number of amides is 1. The average Bonchev–Trinajstić information content (AvgIpc) is 2.75. The van der Waals surface area contributed by atoms with E-state index in [2.05, 4.69) is 33.6 Å². The molecule has 1 amide bonds. The summed E-state index contributed by atoms with van der Waals surface area (Å²) >= 11 is 0. The van der Waals surface area contributed by atoms with Gasteiger partial charge in [0.15, 0.2) is 0 Å². The lowest BCUT2D eigenvalue weighted by Gasteiger charge is -2.10. The number of nitrogens with one attached hydrogen (secondary N) is 2. The van der Waals surface area contributed by atoms with Crippen molar-refractivity contribution in [1.29, 1.82) is 0 Å². The topological polar surface area (TPSA) is 76.1 Å². The number of anilines is 2. The second-order valence-electron chi connectivity index (χ2n) is 6.29. The van der Waals surface area contributed by atoms with Gasteiger partial charge in [-0.1, -0.05) is 37.3 Å². The highest BCUT2D eigenvalue weighted by Gasteiger charge is 2.08. The first-order valence-electron chi connectivity index (χ1n) is 9.27. The molecule has 0 spiro atoms. The van der Waals surface area contributed by atoms with Crippen LogP contribution < -0.4 is 15.4 Å². The van der Waals surface area contributed by atoms with E-state index in [0.717, 1.165) is 29.8 Å². The van der Waals surface area contributed by atoms with Crippen LogP contribution in [0.1, 0.15) is 28.4 Å². The Bertz CT molecular complexity index is 909. The van der Waals surface area contributed by atoms with Gasteiger partial charge in [0.1, 0.15) is 5.75 Å².